The second-order valence-electron chi connectivity index (χ2n) is 10.0. The molecule has 2 aliphatic carbocycles. The Morgan fingerprint density at radius 2 is 1.92 bits per heavy atom. The van der Waals surface area contributed by atoms with Gasteiger partial charge in [-0.05, 0) is 54.7 Å². The van der Waals surface area contributed by atoms with E-state index >= 15 is 0 Å². The molecule has 36 heavy (non-hydrogen) atoms. The van der Waals surface area contributed by atoms with Crippen LogP contribution in [0.15, 0.2) is 48.1 Å². The molecule has 0 N–H and O–H groups in total. The quantitative estimate of drug-likeness (QED) is 0.212. The lowest BCUT2D eigenvalue weighted by Crippen LogP contribution is -2.42. The number of allylic oxidation sites excluding steroid dienone is 3. The van der Waals surface area contributed by atoms with Crippen LogP contribution in [0.2, 0.25) is 0 Å². The topological polar surface area (TPSA) is 114 Å². The first kappa shape index (κ1) is 25.9. The van der Waals surface area contributed by atoms with Gasteiger partial charge in [0, 0.05) is 31.6 Å². The molecule has 0 radical (unpaired) electrons. The van der Waals surface area contributed by atoms with Gasteiger partial charge < -0.3 is 18.9 Å². The number of carbonyl (C=O) groups is 2. The van der Waals surface area contributed by atoms with Crippen LogP contribution in [0.1, 0.15) is 46.0 Å². The van der Waals surface area contributed by atoms with Gasteiger partial charge in [0.2, 0.25) is 0 Å². The SMILES string of the molecule is CO[C@H]1CC(=O)O[C@H](CC[C@@H]2[C@@H]3C(=C[C@H](C)C[C@@H]3OC(=O)Oc3ccc([N+](=O)[O-])cc3)C=C[C@@H]2C)C1. The van der Waals surface area contributed by atoms with Gasteiger partial charge in [0.15, 0.2) is 0 Å². The standard InChI is InChI=1S/C27H33NO8/c1-16-12-18-5-4-17(2)23(11-10-21-14-22(33-3)15-25(29)34-21)26(18)24(13-16)36-27(30)35-20-8-6-19(7-9-20)28(31)32/h4-9,12,16-17,21-24,26H,10-11,13-15H2,1-3H3/t16-,17-,21+,22+,23-,24-,26-/m0/s1. The molecule has 4 rings (SSSR count). The van der Waals surface area contributed by atoms with Gasteiger partial charge in [0.1, 0.15) is 18.0 Å². The molecule has 9 nitrogen and oxygen atoms in total. The summed E-state index contributed by atoms with van der Waals surface area (Å²) in [6, 6.07) is 5.31. The summed E-state index contributed by atoms with van der Waals surface area (Å²) >= 11 is 0. The van der Waals surface area contributed by atoms with Crippen molar-refractivity contribution in [3.05, 3.63) is 58.2 Å². The molecule has 3 aliphatic rings. The van der Waals surface area contributed by atoms with E-state index in [-0.39, 0.29) is 65.8 Å². The molecule has 194 valence electrons. The summed E-state index contributed by atoms with van der Waals surface area (Å²) in [6.45, 7) is 4.25. The predicted molar refractivity (Wildman–Crippen MR) is 130 cm³/mol. The van der Waals surface area contributed by atoms with Crippen molar-refractivity contribution < 1.29 is 33.5 Å². The van der Waals surface area contributed by atoms with Crippen molar-refractivity contribution in [1.29, 1.82) is 0 Å². The number of hydrogen-bond acceptors (Lipinski definition) is 8. The molecule has 9 heteroatoms. The Morgan fingerprint density at radius 3 is 2.61 bits per heavy atom. The zero-order valence-electron chi connectivity index (χ0n) is 20.8. The van der Waals surface area contributed by atoms with Crippen molar-refractivity contribution in [3.63, 3.8) is 0 Å². The second-order valence-corrected chi connectivity index (χ2v) is 10.0. The number of carbonyl (C=O) groups excluding carboxylic acids is 2. The van der Waals surface area contributed by atoms with E-state index in [9.17, 15) is 19.7 Å². The van der Waals surface area contributed by atoms with Gasteiger partial charge >= 0.3 is 12.1 Å². The molecule has 1 aliphatic heterocycles. The average Bonchev–Trinajstić information content (AvgIpc) is 2.83. The van der Waals surface area contributed by atoms with Gasteiger partial charge in [-0.1, -0.05) is 32.1 Å². The summed E-state index contributed by atoms with van der Waals surface area (Å²) in [5.41, 5.74) is 1.07. The third kappa shape index (κ3) is 6.13. The van der Waals surface area contributed by atoms with Crippen LogP contribution in [0.4, 0.5) is 10.5 Å². The van der Waals surface area contributed by atoms with E-state index in [4.69, 9.17) is 18.9 Å². The lowest BCUT2D eigenvalue weighted by Gasteiger charge is -2.43. The van der Waals surface area contributed by atoms with Crippen molar-refractivity contribution in [3.8, 4) is 5.75 Å². The third-order valence-corrected chi connectivity index (χ3v) is 7.47. The Balaban J connectivity index is 1.44. The Kier molecular flexibility index (Phi) is 8.08. The molecule has 0 bridgehead atoms. The number of ether oxygens (including phenoxy) is 4. The molecule has 1 aromatic carbocycles. The minimum absolute atomic E-state index is 0.00289. The lowest BCUT2D eigenvalue weighted by atomic mass is 9.65. The van der Waals surface area contributed by atoms with E-state index in [2.05, 4.69) is 32.1 Å². The Labute approximate surface area is 210 Å². The normalized spacial score (nSPS) is 31.6. The maximum atomic E-state index is 12.7. The van der Waals surface area contributed by atoms with Crippen LogP contribution >= 0.6 is 0 Å². The molecule has 0 aromatic heterocycles. The van der Waals surface area contributed by atoms with E-state index in [0.717, 1.165) is 12.0 Å². The summed E-state index contributed by atoms with van der Waals surface area (Å²) < 4.78 is 22.2. The van der Waals surface area contributed by atoms with Gasteiger partial charge in [-0.15, -0.1) is 0 Å². The lowest BCUT2D eigenvalue weighted by molar-refractivity contribution is -0.384. The van der Waals surface area contributed by atoms with Gasteiger partial charge in [-0.3, -0.25) is 14.9 Å². The molecule has 0 unspecified atom stereocenters. The molecular weight excluding hydrogens is 466 g/mol. The number of benzene rings is 1. The van der Waals surface area contributed by atoms with E-state index in [1.807, 2.05) is 0 Å². The third-order valence-electron chi connectivity index (χ3n) is 7.47. The molecular formula is C27H33NO8. The first-order valence-corrected chi connectivity index (χ1v) is 12.5. The van der Waals surface area contributed by atoms with Crippen LogP contribution in [-0.2, 0) is 19.0 Å². The van der Waals surface area contributed by atoms with Crippen molar-refractivity contribution in [2.75, 3.05) is 7.11 Å². The van der Waals surface area contributed by atoms with E-state index in [0.29, 0.717) is 19.3 Å². The number of hydrogen-bond donors (Lipinski definition) is 0. The highest BCUT2D eigenvalue weighted by Gasteiger charge is 2.42. The van der Waals surface area contributed by atoms with E-state index in [1.165, 1.54) is 24.3 Å². The number of nitrogens with zero attached hydrogens (tertiary/aromatic N) is 1. The highest BCUT2D eigenvalue weighted by molar-refractivity contribution is 5.71. The molecule has 0 spiro atoms. The molecule has 7 atom stereocenters. The van der Waals surface area contributed by atoms with E-state index < -0.39 is 11.1 Å². The molecule has 1 aromatic rings. The van der Waals surface area contributed by atoms with Gasteiger partial charge in [-0.25, -0.2) is 4.79 Å². The van der Waals surface area contributed by atoms with Gasteiger partial charge in [-0.2, -0.15) is 0 Å². The maximum Gasteiger partial charge on any atom is 0.514 e. The predicted octanol–water partition coefficient (Wildman–Crippen LogP) is 5.38. The largest absolute Gasteiger partial charge is 0.514 e. The zero-order valence-corrected chi connectivity index (χ0v) is 20.8. The summed E-state index contributed by atoms with van der Waals surface area (Å²) in [7, 11) is 1.62. The number of rotatable bonds is 7. The highest BCUT2D eigenvalue weighted by Crippen LogP contribution is 2.45. The number of esters is 1. The fourth-order valence-electron chi connectivity index (χ4n) is 5.68. The van der Waals surface area contributed by atoms with Crippen LogP contribution in [0, 0.1) is 33.8 Å². The van der Waals surface area contributed by atoms with Gasteiger partial charge in [0.05, 0.1) is 17.4 Å². The van der Waals surface area contributed by atoms with Crippen LogP contribution in [-0.4, -0.2) is 42.5 Å². The number of fused-ring (bicyclic) bond motifs is 1. The van der Waals surface area contributed by atoms with Crippen molar-refractivity contribution in [1.82, 2.24) is 0 Å². The molecule has 1 heterocycles. The van der Waals surface area contributed by atoms with Crippen LogP contribution in [0.5, 0.6) is 5.75 Å². The molecule has 1 fully saturated rings. The first-order valence-electron chi connectivity index (χ1n) is 12.5. The van der Waals surface area contributed by atoms with Crippen molar-refractivity contribution in [2.45, 2.75) is 64.3 Å². The molecule has 0 saturated carbocycles. The maximum absolute atomic E-state index is 12.7. The average molecular weight is 500 g/mol. The first-order chi connectivity index (χ1) is 17.2. The van der Waals surface area contributed by atoms with E-state index in [1.54, 1.807) is 7.11 Å². The summed E-state index contributed by atoms with van der Waals surface area (Å²) in [5.74, 6) is 0.655. The smallest absolute Gasteiger partial charge is 0.462 e. The number of non-ortho nitro benzene ring substituents is 1. The summed E-state index contributed by atoms with van der Waals surface area (Å²) in [5, 5.41) is 10.9. The fraction of sp³-hybridized carbons (Fsp3) is 0.556. The minimum Gasteiger partial charge on any atom is -0.462 e. The summed E-state index contributed by atoms with van der Waals surface area (Å²) in [6.07, 6.45) is 8.24. The minimum atomic E-state index is -0.826. The highest BCUT2D eigenvalue weighted by atomic mass is 16.7. The number of cyclic esters (lactones) is 1. The fourth-order valence-corrected chi connectivity index (χ4v) is 5.68. The molecule has 0 amide bonds. The monoisotopic (exact) mass is 499 g/mol. The number of nitro benzene ring substituents is 1. The van der Waals surface area contributed by atoms with Crippen LogP contribution in [0.25, 0.3) is 0 Å². The zero-order chi connectivity index (χ0) is 25.8. The van der Waals surface area contributed by atoms with Crippen molar-refractivity contribution in [2.24, 2.45) is 23.7 Å². The Bertz CT molecular complexity index is 1030. The van der Waals surface area contributed by atoms with Gasteiger partial charge in [0.25, 0.3) is 5.69 Å². The number of methoxy groups -OCH3 is 1. The summed E-state index contributed by atoms with van der Waals surface area (Å²) in [4.78, 5) is 35.0. The Hall–Kier alpha value is -3.20. The number of nitro groups is 1. The Morgan fingerprint density at radius 1 is 1.17 bits per heavy atom. The molecule has 1 saturated heterocycles. The second kappa shape index (κ2) is 11.2. The van der Waals surface area contributed by atoms with Crippen molar-refractivity contribution >= 4 is 17.8 Å². The van der Waals surface area contributed by atoms with Crippen LogP contribution < -0.4 is 4.74 Å². The van der Waals surface area contributed by atoms with Crippen LogP contribution in [0.3, 0.4) is 0 Å².